The number of rotatable bonds is 4. The van der Waals surface area contributed by atoms with Crippen LogP contribution in [0.25, 0.3) is 11.2 Å². The van der Waals surface area contributed by atoms with Crippen LogP contribution in [0, 0.1) is 6.08 Å². The molecule has 6 nitrogen and oxygen atoms in total. The van der Waals surface area contributed by atoms with Crippen LogP contribution < -0.4 is 5.32 Å². The van der Waals surface area contributed by atoms with Gasteiger partial charge in [-0.3, -0.25) is 4.57 Å². The summed E-state index contributed by atoms with van der Waals surface area (Å²) in [7, 11) is 0. The molecule has 0 saturated carbocycles. The highest BCUT2D eigenvalue weighted by Crippen LogP contribution is 2.30. The number of benzene rings is 1. The lowest BCUT2D eigenvalue weighted by atomic mass is 10.1. The van der Waals surface area contributed by atoms with Crippen molar-refractivity contribution < 1.29 is 22.3 Å². The number of fused-ring (bicyclic) bond motifs is 1. The largest absolute Gasteiger partial charge is 0.416 e. The minimum absolute atomic E-state index is 0.0300. The molecule has 154 valence electrons. The Hall–Kier alpha value is -2.75. The van der Waals surface area contributed by atoms with Gasteiger partial charge >= 0.3 is 12.3 Å². The van der Waals surface area contributed by atoms with Crippen LogP contribution in [-0.2, 0) is 17.5 Å². The molecule has 1 atom stereocenters. The second kappa shape index (κ2) is 7.94. The average Bonchev–Trinajstić information content (AvgIpc) is 2.92. The molecule has 1 fully saturated rings. The van der Waals surface area contributed by atoms with E-state index >= 15 is 0 Å². The van der Waals surface area contributed by atoms with E-state index in [-0.39, 0.29) is 24.2 Å². The zero-order chi connectivity index (χ0) is 20.4. The predicted octanol–water partition coefficient (Wildman–Crippen LogP) is 4.69. The number of halogens is 4. The van der Waals surface area contributed by atoms with E-state index in [1.54, 1.807) is 10.6 Å². The summed E-state index contributed by atoms with van der Waals surface area (Å²) in [4.78, 5) is 11.9. The number of alkyl halides is 3. The molecule has 0 radical (unpaired) electrons. The Morgan fingerprint density at radius 3 is 2.86 bits per heavy atom. The van der Waals surface area contributed by atoms with E-state index < -0.39 is 17.8 Å². The van der Waals surface area contributed by atoms with Crippen LogP contribution in [0.1, 0.15) is 43.0 Å². The third-order valence-electron chi connectivity index (χ3n) is 4.82. The lowest BCUT2D eigenvalue weighted by molar-refractivity contribution is -0.137. The van der Waals surface area contributed by atoms with Crippen molar-refractivity contribution in [2.24, 2.45) is 0 Å². The number of aromatic nitrogens is 4. The zero-order valence-electron chi connectivity index (χ0n) is 15.4. The molecule has 10 heteroatoms. The van der Waals surface area contributed by atoms with Crippen molar-refractivity contribution >= 4 is 17.0 Å². The fourth-order valence-electron chi connectivity index (χ4n) is 3.39. The molecule has 0 bridgehead atoms. The Kier molecular flexibility index (Phi) is 5.35. The van der Waals surface area contributed by atoms with Gasteiger partial charge in [0.15, 0.2) is 17.0 Å². The standard InChI is InChI=1S/C19H19F4N5O/c20-18-26-16(24-10-12-5-4-6-13(9-12)19(21,22)23)15-17(27-18)28(11-25-15)14-7-2-1-3-8-29-14/h4-6,9,11,14H,1-3,7-8,10H2,(H,24,26,27). The lowest BCUT2D eigenvalue weighted by Gasteiger charge is -2.17. The fourth-order valence-corrected chi connectivity index (χ4v) is 3.39. The molecular formula is C19H19F4N5O. The van der Waals surface area contributed by atoms with Gasteiger partial charge in [0.2, 0.25) is 0 Å². The first kappa shape index (κ1) is 19.6. The number of ether oxygens (including phenoxy) is 1. The van der Waals surface area contributed by atoms with Crippen molar-refractivity contribution in [3.8, 4) is 0 Å². The summed E-state index contributed by atoms with van der Waals surface area (Å²) in [6.45, 7) is 0.640. The van der Waals surface area contributed by atoms with E-state index in [1.807, 2.05) is 0 Å². The van der Waals surface area contributed by atoms with Gasteiger partial charge in [0.25, 0.3) is 0 Å². The van der Waals surface area contributed by atoms with Gasteiger partial charge in [0.1, 0.15) is 6.23 Å². The van der Waals surface area contributed by atoms with Gasteiger partial charge in [-0.15, -0.1) is 0 Å². The lowest BCUT2D eigenvalue weighted by Crippen LogP contribution is -2.12. The molecule has 29 heavy (non-hydrogen) atoms. The van der Waals surface area contributed by atoms with Crippen molar-refractivity contribution in [1.29, 1.82) is 0 Å². The first-order valence-electron chi connectivity index (χ1n) is 9.33. The number of nitrogens with zero attached hydrogens (tertiary/aromatic N) is 4. The number of imidazole rings is 1. The molecule has 1 unspecified atom stereocenters. The molecule has 0 spiro atoms. The molecule has 3 aromatic rings. The summed E-state index contributed by atoms with van der Waals surface area (Å²) in [6.07, 6.45) is -0.339. The van der Waals surface area contributed by atoms with Crippen LogP contribution in [0.15, 0.2) is 30.6 Å². The van der Waals surface area contributed by atoms with Gasteiger partial charge in [0.05, 0.1) is 11.9 Å². The van der Waals surface area contributed by atoms with Crippen LogP contribution in [0.2, 0.25) is 0 Å². The van der Waals surface area contributed by atoms with E-state index in [0.29, 0.717) is 17.7 Å². The molecule has 2 aromatic heterocycles. The monoisotopic (exact) mass is 409 g/mol. The zero-order valence-corrected chi connectivity index (χ0v) is 15.4. The second-order valence-corrected chi connectivity index (χ2v) is 6.89. The van der Waals surface area contributed by atoms with Crippen molar-refractivity contribution in [3.05, 3.63) is 47.8 Å². The average molecular weight is 409 g/mol. The summed E-state index contributed by atoms with van der Waals surface area (Å²) in [6, 6.07) is 4.92. The summed E-state index contributed by atoms with van der Waals surface area (Å²) in [5, 5.41) is 2.88. The van der Waals surface area contributed by atoms with Gasteiger partial charge in [-0.1, -0.05) is 18.6 Å². The Morgan fingerprint density at radius 1 is 1.17 bits per heavy atom. The number of hydrogen-bond donors (Lipinski definition) is 1. The SMILES string of the molecule is Fc1nc(NCc2cccc(C(F)(F)F)c2)c2ncn(C3CCCCCO3)c2n1. The van der Waals surface area contributed by atoms with Crippen molar-refractivity contribution in [3.63, 3.8) is 0 Å². The minimum Gasteiger partial charge on any atom is -0.364 e. The molecule has 1 aliphatic heterocycles. The van der Waals surface area contributed by atoms with Crippen molar-refractivity contribution in [2.75, 3.05) is 11.9 Å². The smallest absolute Gasteiger partial charge is 0.364 e. The van der Waals surface area contributed by atoms with Crippen molar-refractivity contribution in [1.82, 2.24) is 19.5 Å². The third kappa shape index (κ3) is 4.31. The minimum atomic E-state index is -4.43. The topological polar surface area (TPSA) is 64.9 Å². The maximum absolute atomic E-state index is 14.1. The van der Waals surface area contributed by atoms with Gasteiger partial charge in [-0.05, 0) is 37.0 Å². The Bertz CT molecular complexity index is 996. The highest BCUT2D eigenvalue weighted by atomic mass is 19.4. The van der Waals surface area contributed by atoms with E-state index in [9.17, 15) is 17.6 Å². The van der Waals surface area contributed by atoms with Crippen LogP contribution >= 0.6 is 0 Å². The summed E-state index contributed by atoms with van der Waals surface area (Å²) in [5.41, 5.74) is 0.270. The van der Waals surface area contributed by atoms with Crippen LogP contribution in [-0.4, -0.2) is 26.1 Å². The van der Waals surface area contributed by atoms with Crippen LogP contribution in [0.5, 0.6) is 0 Å². The molecule has 4 rings (SSSR count). The van der Waals surface area contributed by atoms with Crippen LogP contribution in [0.4, 0.5) is 23.4 Å². The summed E-state index contributed by atoms with van der Waals surface area (Å²) >= 11 is 0. The van der Waals surface area contributed by atoms with Crippen molar-refractivity contribution in [2.45, 2.75) is 44.6 Å². The van der Waals surface area contributed by atoms with Crippen LogP contribution in [0.3, 0.4) is 0 Å². The molecule has 1 aliphatic rings. The number of anilines is 1. The highest BCUT2D eigenvalue weighted by Gasteiger charge is 2.30. The molecule has 1 saturated heterocycles. The second-order valence-electron chi connectivity index (χ2n) is 6.89. The Labute approximate surface area is 163 Å². The first-order valence-corrected chi connectivity index (χ1v) is 9.33. The maximum Gasteiger partial charge on any atom is 0.416 e. The Balaban J connectivity index is 1.60. The molecular weight excluding hydrogens is 390 g/mol. The van der Waals surface area contributed by atoms with E-state index in [2.05, 4.69) is 20.3 Å². The first-order chi connectivity index (χ1) is 13.9. The third-order valence-corrected chi connectivity index (χ3v) is 4.82. The van der Waals surface area contributed by atoms with E-state index in [1.165, 1.54) is 12.4 Å². The van der Waals surface area contributed by atoms with Gasteiger partial charge in [-0.2, -0.15) is 27.5 Å². The van der Waals surface area contributed by atoms with Gasteiger partial charge in [-0.25, -0.2) is 4.98 Å². The molecule has 0 aliphatic carbocycles. The molecule has 1 N–H and O–H groups in total. The molecule has 0 amide bonds. The highest BCUT2D eigenvalue weighted by molar-refractivity contribution is 5.82. The predicted molar refractivity (Wildman–Crippen MR) is 97.5 cm³/mol. The molecule has 1 aromatic carbocycles. The Morgan fingerprint density at radius 2 is 2.03 bits per heavy atom. The quantitative estimate of drug-likeness (QED) is 0.501. The fraction of sp³-hybridized carbons (Fsp3) is 0.421. The van der Waals surface area contributed by atoms with Gasteiger partial charge in [0, 0.05) is 13.2 Å². The molecule has 3 heterocycles. The maximum atomic E-state index is 14.1. The van der Waals surface area contributed by atoms with Gasteiger partial charge < -0.3 is 10.1 Å². The van der Waals surface area contributed by atoms with E-state index in [0.717, 1.165) is 37.8 Å². The number of hydrogen-bond acceptors (Lipinski definition) is 5. The van der Waals surface area contributed by atoms with E-state index in [4.69, 9.17) is 4.74 Å². The summed E-state index contributed by atoms with van der Waals surface area (Å²) in [5.74, 6) is 0.122. The normalized spacial score (nSPS) is 18.0. The number of nitrogens with one attached hydrogen (secondary N) is 1. The summed E-state index contributed by atoms with van der Waals surface area (Å²) < 4.78 is 60.2.